The molecule has 2 aliphatic carbocycles. The fourth-order valence-electron chi connectivity index (χ4n) is 2.94. The third-order valence-corrected chi connectivity index (χ3v) is 5.35. The zero-order valence-corrected chi connectivity index (χ0v) is 12.1. The Labute approximate surface area is 118 Å². The van der Waals surface area contributed by atoms with Crippen molar-refractivity contribution in [2.75, 3.05) is 6.54 Å². The van der Waals surface area contributed by atoms with Crippen LogP contribution in [0.1, 0.15) is 44.1 Å². The molecule has 0 aliphatic heterocycles. The van der Waals surface area contributed by atoms with Gasteiger partial charge in [0.15, 0.2) is 0 Å². The van der Waals surface area contributed by atoms with Crippen LogP contribution in [-0.4, -0.2) is 23.4 Å². The minimum Gasteiger partial charge on any atom is -0.335 e. The Morgan fingerprint density at radius 1 is 1.47 bits per heavy atom. The molecule has 0 saturated heterocycles. The van der Waals surface area contributed by atoms with Crippen molar-refractivity contribution < 1.29 is 4.79 Å². The van der Waals surface area contributed by atoms with E-state index in [4.69, 9.17) is 5.73 Å². The Kier molecular flexibility index (Phi) is 3.63. The molecule has 4 heteroatoms. The molecule has 0 radical (unpaired) electrons. The van der Waals surface area contributed by atoms with Crippen LogP contribution in [0.2, 0.25) is 0 Å². The maximum Gasteiger partial charge on any atom is 0.223 e. The first-order chi connectivity index (χ1) is 9.22. The monoisotopic (exact) mass is 278 g/mol. The summed E-state index contributed by atoms with van der Waals surface area (Å²) >= 11 is 1.70. The second kappa shape index (κ2) is 5.25. The Bertz CT molecular complexity index is 429. The van der Waals surface area contributed by atoms with Gasteiger partial charge in [0.25, 0.3) is 0 Å². The van der Waals surface area contributed by atoms with Crippen molar-refractivity contribution in [3.63, 3.8) is 0 Å². The van der Waals surface area contributed by atoms with Crippen LogP contribution >= 0.6 is 11.3 Å². The van der Waals surface area contributed by atoms with Gasteiger partial charge >= 0.3 is 0 Å². The van der Waals surface area contributed by atoms with Crippen LogP contribution < -0.4 is 5.73 Å². The molecule has 3 nitrogen and oxygen atoms in total. The highest BCUT2D eigenvalue weighted by Gasteiger charge is 2.41. The largest absolute Gasteiger partial charge is 0.335 e. The number of carbonyl (C=O) groups is 1. The average molecular weight is 278 g/mol. The van der Waals surface area contributed by atoms with Crippen LogP contribution in [0.25, 0.3) is 0 Å². The molecule has 0 unspecified atom stereocenters. The number of hydrogen-bond donors (Lipinski definition) is 1. The summed E-state index contributed by atoms with van der Waals surface area (Å²) in [6.45, 7) is 1.45. The maximum atomic E-state index is 12.6. The van der Waals surface area contributed by atoms with Crippen molar-refractivity contribution in [3.8, 4) is 0 Å². The predicted molar refractivity (Wildman–Crippen MR) is 77.8 cm³/mol. The third kappa shape index (κ3) is 2.84. The quantitative estimate of drug-likeness (QED) is 0.869. The van der Waals surface area contributed by atoms with E-state index in [2.05, 4.69) is 21.7 Å². The van der Waals surface area contributed by atoms with Crippen LogP contribution in [0.3, 0.4) is 0 Å². The van der Waals surface area contributed by atoms with Gasteiger partial charge in [-0.05, 0) is 60.0 Å². The third-order valence-electron chi connectivity index (χ3n) is 4.61. The smallest absolute Gasteiger partial charge is 0.223 e. The summed E-state index contributed by atoms with van der Waals surface area (Å²) in [6.07, 6.45) is 6.50. The summed E-state index contributed by atoms with van der Waals surface area (Å²) in [5.41, 5.74) is 7.26. The summed E-state index contributed by atoms with van der Waals surface area (Å²) in [6, 6.07) is 2.61. The molecule has 0 spiro atoms. The van der Waals surface area contributed by atoms with Gasteiger partial charge in [-0.15, -0.1) is 0 Å². The van der Waals surface area contributed by atoms with Gasteiger partial charge in [-0.2, -0.15) is 11.3 Å². The van der Waals surface area contributed by atoms with Crippen molar-refractivity contribution in [1.82, 2.24) is 4.90 Å². The first kappa shape index (κ1) is 13.1. The van der Waals surface area contributed by atoms with Crippen LogP contribution in [0.5, 0.6) is 0 Å². The number of nitrogens with two attached hydrogens (primary N) is 1. The van der Waals surface area contributed by atoms with E-state index in [1.54, 1.807) is 11.3 Å². The highest BCUT2D eigenvalue weighted by molar-refractivity contribution is 7.07. The number of amides is 1. The van der Waals surface area contributed by atoms with E-state index in [9.17, 15) is 4.79 Å². The molecule has 2 saturated carbocycles. The normalized spacial score (nSPS) is 20.9. The summed E-state index contributed by atoms with van der Waals surface area (Å²) < 4.78 is 0. The summed E-state index contributed by atoms with van der Waals surface area (Å²) in [5, 5.41) is 4.23. The lowest BCUT2D eigenvalue weighted by atomic mass is 9.66. The molecule has 3 rings (SSSR count). The van der Waals surface area contributed by atoms with Gasteiger partial charge in [-0.1, -0.05) is 6.42 Å². The van der Waals surface area contributed by atoms with Gasteiger partial charge < -0.3 is 10.6 Å². The average Bonchev–Trinajstić information content (AvgIpc) is 3.07. The molecule has 1 aromatic rings. The van der Waals surface area contributed by atoms with E-state index in [0.717, 1.165) is 19.4 Å². The SMILES string of the molecule is NCC1(CC(=O)N(Cc2ccsc2)C2CC2)CCC1. The van der Waals surface area contributed by atoms with Crippen molar-refractivity contribution >= 4 is 17.2 Å². The summed E-state index contributed by atoms with van der Waals surface area (Å²) in [4.78, 5) is 14.7. The fraction of sp³-hybridized carbons (Fsp3) is 0.667. The van der Waals surface area contributed by atoms with Crippen LogP contribution in [0.15, 0.2) is 16.8 Å². The topological polar surface area (TPSA) is 46.3 Å². The molecule has 1 aromatic heterocycles. The molecule has 2 N–H and O–H groups in total. The standard InChI is InChI=1S/C15H22N2OS/c16-11-15(5-1-6-15)8-14(18)17(13-2-3-13)9-12-4-7-19-10-12/h4,7,10,13H,1-3,5-6,8-9,11,16H2. The zero-order valence-electron chi connectivity index (χ0n) is 11.3. The number of carbonyl (C=O) groups excluding carboxylic acids is 1. The Balaban J connectivity index is 1.64. The van der Waals surface area contributed by atoms with Gasteiger partial charge in [0, 0.05) is 19.0 Å². The Hall–Kier alpha value is -0.870. The second-order valence-electron chi connectivity index (χ2n) is 6.12. The lowest BCUT2D eigenvalue weighted by Gasteiger charge is -2.41. The fourth-order valence-corrected chi connectivity index (χ4v) is 3.60. The molecule has 104 valence electrons. The molecule has 0 bridgehead atoms. The van der Waals surface area contributed by atoms with E-state index >= 15 is 0 Å². The van der Waals surface area contributed by atoms with Crippen LogP contribution in [-0.2, 0) is 11.3 Å². The van der Waals surface area contributed by atoms with Gasteiger partial charge in [0.1, 0.15) is 0 Å². The molecule has 2 aliphatic rings. The zero-order chi connectivity index (χ0) is 13.3. The number of nitrogens with zero attached hydrogens (tertiary/aromatic N) is 1. The highest BCUT2D eigenvalue weighted by Crippen LogP contribution is 2.44. The van der Waals surface area contributed by atoms with E-state index in [1.807, 2.05) is 0 Å². The first-order valence-electron chi connectivity index (χ1n) is 7.23. The highest BCUT2D eigenvalue weighted by atomic mass is 32.1. The Morgan fingerprint density at radius 2 is 2.26 bits per heavy atom. The lowest BCUT2D eigenvalue weighted by Crippen LogP contribution is -2.43. The van der Waals surface area contributed by atoms with E-state index < -0.39 is 0 Å². The molecule has 2 fully saturated rings. The summed E-state index contributed by atoms with van der Waals surface area (Å²) in [5.74, 6) is 0.318. The lowest BCUT2D eigenvalue weighted by molar-refractivity contribution is -0.136. The summed E-state index contributed by atoms with van der Waals surface area (Å²) in [7, 11) is 0. The molecular weight excluding hydrogens is 256 g/mol. The minimum absolute atomic E-state index is 0.124. The van der Waals surface area contributed by atoms with Crippen LogP contribution in [0, 0.1) is 5.41 Å². The van der Waals surface area contributed by atoms with E-state index in [0.29, 0.717) is 24.9 Å². The molecular formula is C15H22N2OS. The molecule has 0 atom stereocenters. The predicted octanol–water partition coefficient (Wildman–Crippen LogP) is 2.76. The van der Waals surface area contributed by atoms with Crippen molar-refractivity contribution in [2.45, 2.75) is 51.1 Å². The molecule has 1 heterocycles. The number of thiophene rings is 1. The van der Waals surface area contributed by atoms with Gasteiger partial charge in [-0.25, -0.2) is 0 Å². The van der Waals surface area contributed by atoms with E-state index in [-0.39, 0.29) is 5.41 Å². The van der Waals surface area contributed by atoms with Gasteiger partial charge in [0.2, 0.25) is 5.91 Å². The van der Waals surface area contributed by atoms with Crippen molar-refractivity contribution in [1.29, 1.82) is 0 Å². The van der Waals surface area contributed by atoms with Gasteiger partial charge in [-0.3, -0.25) is 4.79 Å². The first-order valence-corrected chi connectivity index (χ1v) is 8.17. The van der Waals surface area contributed by atoms with Crippen LogP contribution in [0.4, 0.5) is 0 Å². The molecule has 1 amide bonds. The Morgan fingerprint density at radius 3 is 2.74 bits per heavy atom. The van der Waals surface area contributed by atoms with Crippen molar-refractivity contribution in [2.24, 2.45) is 11.1 Å². The molecule has 19 heavy (non-hydrogen) atoms. The maximum absolute atomic E-state index is 12.6. The van der Waals surface area contributed by atoms with Gasteiger partial charge in [0.05, 0.1) is 0 Å². The molecule has 0 aromatic carbocycles. The second-order valence-corrected chi connectivity index (χ2v) is 6.90. The minimum atomic E-state index is 0.124. The number of hydrogen-bond acceptors (Lipinski definition) is 3. The van der Waals surface area contributed by atoms with E-state index in [1.165, 1.54) is 24.8 Å². The van der Waals surface area contributed by atoms with Crippen molar-refractivity contribution in [3.05, 3.63) is 22.4 Å². The number of rotatable bonds is 6.